The van der Waals surface area contributed by atoms with Crippen LogP contribution in [0.5, 0.6) is 0 Å². The van der Waals surface area contributed by atoms with E-state index in [0.29, 0.717) is 25.4 Å². The highest BCUT2D eigenvalue weighted by Gasteiger charge is 2.47. The smallest absolute Gasteiger partial charge is 0.306 e. The van der Waals surface area contributed by atoms with Crippen molar-refractivity contribution in [2.24, 2.45) is 17.8 Å². The molecule has 3 aliphatic rings. The normalized spacial score (nSPS) is 36.9. The molecule has 3 fully saturated rings. The Kier molecular flexibility index (Phi) is 7.10. The summed E-state index contributed by atoms with van der Waals surface area (Å²) in [6.45, 7) is 4.95. The topological polar surface area (TPSA) is 44.8 Å². The molecule has 2 saturated heterocycles. The Hall–Kier alpha value is -0.940. The standard InChI is InChI=1S/C21H33FO4/c1-3-4-7-17(22)18(26-21-8-5-6-11-24-21)10-9-15-14(2)12-19-16(15)13-20(23)25-19/h9-10,14-19,21H,3-8,11-13H2,1-2H3/b10-9+. The van der Waals surface area contributed by atoms with Crippen molar-refractivity contribution in [3.8, 4) is 0 Å². The van der Waals surface area contributed by atoms with Crippen LogP contribution in [0.4, 0.5) is 4.39 Å². The lowest BCUT2D eigenvalue weighted by Gasteiger charge is -2.28. The lowest BCUT2D eigenvalue weighted by Crippen LogP contribution is -2.32. The molecule has 1 aliphatic carbocycles. The predicted octanol–water partition coefficient (Wildman–Crippen LogP) is 4.57. The van der Waals surface area contributed by atoms with Crippen molar-refractivity contribution in [1.82, 2.24) is 0 Å². The van der Waals surface area contributed by atoms with Gasteiger partial charge in [0.2, 0.25) is 0 Å². The fourth-order valence-electron chi connectivity index (χ4n) is 4.56. The van der Waals surface area contributed by atoms with Gasteiger partial charge in [0.1, 0.15) is 18.4 Å². The predicted molar refractivity (Wildman–Crippen MR) is 97.3 cm³/mol. The van der Waals surface area contributed by atoms with Crippen LogP contribution >= 0.6 is 0 Å². The summed E-state index contributed by atoms with van der Waals surface area (Å²) in [6, 6.07) is 0. The van der Waals surface area contributed by atoms with Crippen molar-refractivity contribution in [2.45, 2.75) is 89.9 Å². The van der Waals surface area contributed by atoms with Crippen LogP contribution in [0.3, 0.4) is 0 Å². The minimum absolute atomic E-state index is 0.0365. The Morgan fingerprint density at radius 1 is 1.38 bits per heavy atom. The van der Waals surface area contributed by atoms with Crippen LogP contribution in [0.25, 0.3) is 0 Å². The molecule has 7 atom stereocenters. The van der Waals surface area contributed by atoms with E-state index in [1.807, 2.05) is 6.08 Å². The van der Waals surface area contributed by atoms with Crippen LogP contribution in [-0.2, 0) is 19.0 Å². The van der Waals surface area contributed by atoms with Gasteiger partial charge in [-0.2, -0.15) is 0 Å². The molecule has 2 aliphatic heterocycles. The number of rotatable bonds is 8. The number of unbranched alkanes of at least 4 members (excludes halogenated alkanes) is 1. The molecule has 0 amide bonds. The van der Waals surface area contributed by atoms with Crippen molar-refractivity contribution >= 4 is 5.97 Å². The number of halogens is 1. The van der Waals surface area contributed by atoms with Gasteiger partial charge in [-0.15, -0.1) is 0 Å². The summed E-state index contributed by atoms with van der Waals surface area (Å²) in [5.74, 6) is 0.826. The van der Waals surface area contributed by atoms with E-state index >= 15 is 0 Å². The van der Waals surface area contributed by atoms with Gasteiger partial charge in [0.05, 0.1) is 6.42 Å². The van der Waals surface area contributed by atoms with Gasteiger partial charge < -0.3 is 14.2 Å². The van der Waals surface area contributed by atoms with Gasteiger partial charge in [-0.25, -0.2) is 4.39 Å². The Bertz CT molecular complexity index is 488. The Labute approximate surface area is 156 Å². The maximum Gasteiger partial charge on any atom is 0.306 e. The number of allylic oxidation sites excluding steroid dienone is 1. The van der Waals surface area contributed by atoms with Crippen LogP contribution in [-0.4, -0.2) is 37.2 Å². The van der Waals surface area contributed by atoms with Gasteiger partial charge in [0.15, 0.2) is 6.29 Å². The van der Waals surface area contributed by atoms with Crippen LogP contribution < -0.4 is 0 Å². The van der Waals surface area contributed by atoms with E-state index in [4.69, 9.17) is 14.2 Å². The molecule has 26 heavy (non-hydrogen) atoms. The number of alkyl halides is 1. The molecule has 0 radical (unpaired) electrons. The molecule has 0 N–H and O–H groups in total. The summed E-state index contributed by atoms with van der Waals surface area (Å²) >= 11 is 0. The number of hydrogen-bond acceptors (Lipinski definition) is 4. The summed E-state index contributed by atoms with van der Waals surface area (Å²) < 4.78 is 31.9. The molecular formula is C21H33FO4. The zero-order valence-electron chi connectivity index (χ0n) is 16.1. The van der Waals surface area contributed by atoms with E-state index in [1.54, 1.807) is 0 Å². The average molecular weight is 368 g/mol. The first-order valence-electron chi connectivity index (χ1n) is 10.4. The fourth-order valence-corrected chi connectivity index (χ4v) is 4.56. The first kappa shape index (κ1) is 19.8. The zero-order valence-corrected chi connectivity index (χ0v) is 16.1. The lowest BCUT2D eigenvalue weighted by molar-refractivity contribution is -0.189. The number of fused-ring (bicyclic) bond motifs is 1. The lowest BCUT2D eigenvalue weighted by atomic mass is 9.87. The van der Waals surface area contributed by atoms with Gasteiger partial charge in [0.25, 0.3) is 0 Å². The van der Waals surface area contributed by atoms with Gasteiger partial charge in [-0.05, 0) is 43.9 Å². The third-order valence-corrected chi connectivity index (χ3v) is 6.08. The monoisotopic (exact) mass is 368 g/mol. The molecule has 3 rings (SSSR count). The van der Waals surface area contributed by atoms with Crippen LogP contribution in [0.1, 0.15) is 65.2 Å². The average Bonchev–Trinajstić information content (AvgIpc) is 3.12. The van der Waals surface area contributed by atoms with Crippen molar-refractivity contribution < 1.29 is 23.4 Å². The molecule has 5 heteroatoms. The van der Waals surface area contributed by atoms with Crippen LogP contribution in [0.15, 0.2) is 12.2 Å². The second kappa shape index (κ2) is 9.32. The van der Waals surface area contributed by atoms with Crippen molar-refractivity contribution in [2.75, 3.05) is 6.61 Å². The minimum atomic E-state index is -1.02. The van der Waals surface area contributed by atoms with Crippen LogP contribution in [0, 0.1) is 17.8 Å². The molecule has 0 aromatic heterocycles. The zero-order chi connectivity index (χ0) is 18.5. The molecule has 2 heterocycles. The number of carbonyl (C=O) groups is 1. The Morgan fingerprint density at radius 2 is 2.23 bits per heavy atom. The first-order chi connectivity index (χ1) is 12.6. The number of esters is 1. The molecule has 0 bridgehead atoms. The summed E-state index contributed by atoms with van der Waals surface area (Å²) in [5, 5.41) is 0. The van der Waals surface area contributed by atoms with Gasteiger partial charge in [0, 0.05) is 12.5 Å². The Morgan fingerprint density at radius 3 is 2.96 bits per heavy atom. The summed E-state index contributed by atoms with van der Waals surface area (Å²) in [4.78, 5) is 11.6. The second-order valence-corrected chi connectivity index (χ2v) is 8.13. The molecule has 0 spiro atoms. The van der Waals surface area contributed by atoms with Gasteiger partial charge >= 0.3 is 5.97 Å². The van der Waals surface area contributed by atoms with Crippen molar-refractivity contribution in [1.29, 1.82) is 0 Å². The summed E-state index contributed by atoms with van der Waals surface area (Å²) in [6.07, 6.45) is 8.78. The highest BCUT2D eigenvalue weighted by Crippen LogP contribution is 2.45. The number of carbonyl (C=O) groups excluding carboxylic acids is 1. The summed E-state index contributed by atoms with van der Waals surface area (Å²) in [7, 11) is 0. The maximum absolute atomic E-state index is 14.8. The van der Waals surface area contributed by atoms with E-state index in [2.05, 4.69) is 19.9 Å². The van der Waals surface area contributed by atoms with E-state index in [1.165, 1.54) is 0 Å². The number of hydrogen-bond donors (Lipinski definition) is 0. The molecular weight excluding hydrogens is 335 g/mol. The molecule has 148 valence electrons. The SMILES string of the molecule is CCCCC(F)C(/C=C/C1C(C)CC2OC(=O)CC21)OC1CCCCO1. The fraction of sp³-hybridized carbons (Fsp3) is 0.857. The van der Waals surface area contributed by atoms with E-state index in [9.17, 15) is 9.18 Å². The van der Waals surface area contributed by atoms with E-state index in [-0.39, 0.29) is 30.2 Å². The first-order valence-corrected chi connectivity index (χ1v) is 10.4. The molecule has 7 unspecified atom stereocenters. The highest BCUT2D eigenvalue weighted by molar-refractivity contribution is 5.72. The van der Waals surface area contributed by atoms with Gasteiger partial charge in [-0.3, -0.25) is 4.79 Å². The van der Waals surface area contributed by atoms with E-state index in [0.717, 1.165) is 38.5 Å². The molecule has 1 saturated carbocycles. The van der Waals surface area contributed by atoms with E-state index < -0.39 is 12.3 Å². The highest BCUT2D eigenvalue weighted by atomic mass is 19.1. The molecule has 0 aromatic rings. The number of ether oxygens (including phenoxy) is 3. The quantitative estimate of drug-likeness (QED) is 0.465. The van der Waals surface area contributed by atoms with Crippen LogP contribution in [0.2, 0.25) is 0 Å². The van der Waals surface area contributed by atoms with Crippen molar-refractivity contribution in [3.05, 3.63) is 12.2 Å². The molecule has 0 aromatic carbocycles. The second-order valence-electron chi connectivity index (χ2n) is 8.13. The third-order valence-electron chi connectivity index (χ3n) is 6.08. The summed E-state index contributed by atoms with van der Waals surface area (Å²) in [5.41, 5.74) is 0. The van der Waals surface area contributed by atoms with Gasteiger partial charge in [-0.1, -0.05) is 38.8 Å². The largest absolute Gasteiger partial charge is 0.462 e. The van der Waals surface area contributed by atoms with Crippen molar-refractivity contribution in [3.63, 3.8) is 0 Å². The molecule has 4 nitrogen and oxygen atoms in total. The Balaban J connectivity index is 1.65. The maximum atomic E-state index is 14.8. The third kappa shape index (κ3) is 4.86. The minimum Gasteiger partial charge on any atom is -0.462 e.